The van der Waals surface area contributed by atoms with Gasteiger partial charge in [-0.1, -0.05) is 115 Å². The molecule has 0 spiro atoms. The van der Waals surface area contributed by atoms with Crippen LogP contribution in [-0.4, -0.2) is 19.9 Å². The summed E-state index contributed by atoms with van der Waals surface area (Å²) in [6.45, 7) is 0. The lowest BCUT2D eigenvalue weighted by Crippen LogP contribution is -1.92. The van der Waals surface area contributed by atoms with Crippen LogP contribution in [0, 0.1) is 0 Å². The molecule has 0 N–H and O–H groups in total. The molecular weight excluding hydrogens is 649 g/mol. The van der Waals surface area contributed by atoms with Gasteiger partial charge < -0.3 is 4.74 Å². The average Bonchev–Trinajstić information content (AvgIpc) is 3.24. The predicted octanol–water partition coefficient (Wildman–Crippen LogP) is 12.3. The van der Waals surface area contributed by atoms with E-state index in [9.17, 15) is 0 Å². The van der Waals surface area contributed by atoms with Crippen molar-refractivity contribution in [2.24, 2.45) is 0 Å². The highest BCUT2D eigenvalue weighted by atomic mass is 16.5. The van der Waals surface area contributed by atoms with Crippen molar-refractivity contribution in [3.8, 4) is 56.5 Å². The molecular formula is C48H30N4O. The van der Waals surface area contributed by atoms with E-state index in [-0.39, 0.29) is 0 Å². The van der Waals surface area contributed by atoms with Gasteiger partial charge in [-0.05, 0) is 66.7 Å². The zero-order chi connectivity index (χ0) is 35.1. The second-order valence-corrected chi connectivity index (χ2v) is 13.1. The van der Waals surface area contributed by atoms with E-state index < -0.39 is 0 Å². The van der Waals surface area contributed by atoms with Crippen LogP contribution < -0.4 is 4.74 Å². The first-order valence-electron chi connectivity index (χ1n) is 17.6. The summed E-state index contributed by atoms with van der Waals surface area (Å²) in [7, 11) is 0. The smallest absolute Gasteiger partial charge is 0.127 e. The molecule has 0 radical (unpaired) electrons. The Kier molecular flexibility index (Phi) is 7.40. The minimum Gasteiger partial charge on any atom is -0.457 e. The molecule has 0 saturated heterocycles. The normalized spacial score (nSPS) is 11.4. The Morgan fingerprint density at radius 3 is 1.06 bits per heavy atom. The minimum absolute atomic E-state index is 0.779. The number of fused-ring (bicyclic) bond motifs is 6. The van der Waals surface area contributed by atoms with Crippen LogP contribution in [0.4, 0.5) is 0 Å². The highest BCUT2D eigenvalue weighted by Crippen LogP contribution is 2.33. The van der Waals surface area contributed by atoms with Crippen LogP contribution in [0.5, 0.6) is 11.5 Å². The van der Waals surface area contributed by atoms with Gasteiger partial charge in [0, 0.05) is 43.8 Å². The Morgan fingerprint density at radius 1 is 0.264 bits per heavy atom. The van der Waals surface area contributed by atoms with Crippen molar-refractivity contribution in [3.05, 3.63) is 182 Å². The fraction of sp³-hybridized carbons (Fsp3) is 0. The summed E-state index contributed by atoms with van der Waals surface area (Å²) in [6.07, 6.45) is 0. The van der Waals surface area contributed by atoms with Crippen LogP contribution in [0.1, 0.15) is 0 Å². The van der Waals surface area contributed by atoms with Crippen molar-refractivity contribution in [1.82, 2.24) is 19.9 Å². The van der Waals surface area contributed by atoms with Crippen molar-refractivity contribution >= 4 is 43.6 Å². The number of hydrogen-bond acceptors (Lipinski definition) is 5. The lowest BCUT2D eigenvalue weighted by Gasteiger charge is -2.10. The molecule has 4 aromatic heterocycles. The summed E-state index contributed by atoms with van der Waals surface area (Å²) < 4.78 is 6.01. The Balaban J connectivity index is 1.01. The van der Waals surface area contributed by atoms with Gasteiger partial charge in [-0.15, -0.1) is 0 Å². The number of ether oxygens (including phenoxy) is 1. The van der Waals surface area contributed by atoms with Gasteiger partial charge in [-0.2, -0.15) is 0 Å². The summed E-state index contributed by atoms with van der Waals surface area (Å²) in [5.74, 6) is 1.58. The summed E-state index contributed by atoms with van der Waals surface area (Å²) >= 11 is 0. The number of para-hydroxylation sites is 1. The largest absolute Gasteiger partial charge is 0.457 e. The molecule has 0 amide bonds. The zero-order valence-electron chi connectivity index (χ0n) is 28.5. The van der Waals surface area contributed by atoms with E-state index >= 15 is 0 Å². The van der Waals surface area contributed by atoms with Crippen LogP contribution in [0.25, 0.3) is 88.6 Å². The van der Waals surface area contributed by atoms with Gasteiger partial charge in [0.25, 0.3) is 0 Å². The molecule has 4 heterocycles. The molecule has 6 aromatic carbocycles. The highest BCUT2D eigenvalue weighted by molar-refractivity contribution is 6.05. The van der Waals surface area contributed by atoms with Gasteiger partial charge in [0.15, 0.2) is 0 Å². The third kappa shape index (κ3) is 5.80. The maximum absolute atomic E-state index is 6.01. The number of aromatic nitrogens is 4. The molecule has 10 aromatic rings. The number of hydrogen-bond donors (Lipinski definition) is 0. The molecule has 0 saturated carbocycles. The molecule has 5 nitrogen and oxygen atoms in total. The molecule has 0 fully saturated rings. The van der Waals surface area contributed by atoms with Gasteiger partial charge in [-0.3, -0.25) is 0 Å². The highest BCUT2D eigenvalue weighted by Gasteiger charge is 2.12. The molecule has 5 heteroatoms. The van der Waals surface area contributed by atoms with Crippen LogP contribution >= 0.6 is 0 Å². The molecule has 0 aliphatic heterocycles. The summed E-state index contributed by atoms with van der Waals surface area (Å²) in [6, 6.07) is 61.8. The fourth-order valence-corrected chi connectivity index (χ4v) is 6.94. The van der Waals surface area contributed by atoms with Crippen LogP contribution in [0.15, 0.2) is 182 Å². The van der Waals surface area contributed by atoms with Crippen molar-refractivity contribution in [1.29, 1.82) is 0 Å². The van der Waals surface area contributed by atoms with Crippen LogP contribution in [0.2, 0.25) is 0 Å². The monoisotopic (exact) mass is 678 g/mol. The number of nitrogens with zero attached hydrogens (tertiary/aromatic N) is 4. The van der Waals surface area contributed by atoms with E-state index in [0.717, 1.165) is 100 Å². The molecule has 0 atom stereocenters. The third-order valence-corrected chi connectivity index (χ3v) is 9.69. The van der Waals surface area contributed by atoms with E-state index in [2.05, 4.69) is 109 Å². The average molecular weight is 679 g/mol. The van der Waals surface area contributed by atoms with Gasteiger partial charge in [0.05, 0.1) is 44.8 Å². The SMILES string of the molecule is c1ccc(Oc2ccc(-c3ccc4ccc5ccc(-c6cccc(-c7ccc8ccc9ccc(-c%10ccccc%10)nc9c8n7)c6)nc5c4n3)cc2)cc1. The van der Waals surface area contributed by atoms with Crippen LogP contribution in [-0.2, 0) is 0 Å². The molecule has 0 bridgehead atoms. The van der Waals surface area contributed by atoms with Gasteiger partial charge in [-0.25, -0.2) is 19.9 Å². The predicted molar refractivity (Wildman–Crippen MR) is 216 cm³/mol. The van der Waals surface area contributed by atoms with E-state index in [1.165, 1.54) is 0 Å². The molecule has 0 aliphatic rings. The first-order chi connectivity index (χ1) is 26.2. The van der Waals surface area contributed by atoms with E-state index in [0.29, 0.717) is 0 Å². The topological polar surface area (TPSA) is 60.8 Å². The van der Waals surface area contributed by atoms with E-state index in [1.807, 2.05) is 72.8 Å². The second kappa shape index (κ2) is 12.8. The van der Waals surface area contributed by atoms with Crippen LogP contribution in [0.3, 0.4) is 0 Å². The standard InChI is InChI=1S/C48H30N4O/c1-3-8-31(9-4-1)41-26-20-33-14-16-35-22-28-43(51-47(35)45(33)49-41)37-10-7-11-38(30-37)44-29-23-36-17-15-34-21-27-42(50-46(34)48(36)52-44)32-18-24-40(25-19-32)53-39-12-5-2-6-13-39/h1-30H. The first kappa shape index (κ1) is 30.6. The Hall–Kier alpha value is -7.24. The summed E-state index contributed by atoms with van der Waals surface area (Å²) in [5, 5.41) is 4.20. The molecule has 53 heavy (non-hydrogen) atoms. The molecule has 248 valence electrons. The van der Waals surface area contributed by atoms with Gasteiger partial charge >= 0.3 is 0 Å². The van der Waals surface area contributed by atoms with Crippen molar-refractivity contribution in [2.75, 3.05) is 0 Å². The Morgan fingerprint density at radius 2 is 0.604 bits per heavy atom. The maximum atomic E-state index is 6.01. The minimum atomic E-state index is 0.779. The van der Waals surface area contributed by atoms with E-state index in [4.69, 9.17) is 24.7 Å². The molecule has 0 unspecified atom stereocenters. The number of rotatable bonds is 6. The van der Waals surface area contributed by atoms with Crippen molar-refractivity contribution < 1.29 is 4.74 Å². The van der Waals surface area contributed by atoms with E-state index in [1.54, 1.807) is 0 Å². The lowest BCUT2D eigenvalue weighted by atomic mass is 10.0. The number of pyridine rings is 4. The third-order valence-electron chi connectivity index (χ3n) is 9.69. The fourth-order valence-electron chi connectivity index (χ4n) is 6.94. The molecule has 10 rings (SSSR count). The Labute approximate surface area is 305 Å². The van der Waals surface area contributed by atoms with Gasteiger partial charge in [0.1, 0.15) is 11.5 Å². The van der Waals surface area contributed by atoms with Gasteiger partial charge in [0.2, 0.25) is 0 Å². The summed E-state index contributed by atoms with van der Waals surface area (Å²) in [4.78, 5) is 20.7. The van der Waals surface area contributed by atoms with Crippen molar-refractivity contribution in [3.63, 3.8) is 0 Å². The Bertz CT molecular complexity index is 2960. The second-order valence-electron chi connectivity index (χ2n) is 13.1. The number of benzene rings is 6. The first-order valence-corrected chi connectivity index (χ1v) is 17.6. The molecule has 0 aliphatic carbocycles. The van der Waals surface area contributed by atoms with Crippen molar-refractivity contribution in [2.45, 2.75) is 0 Å². The zero-order valence-corrected chi connectivity index (χ0v) is 28.5. The summed E-state index contributed by atoms with van der Waals surface area (Å²) in [5.41, 5.74) is 11.2. The quantitative estimate of drug-likeness (QED) is 0.164. The maximum Gasteiger partial charge on any atom is 0.127 e. The lowest BCUT2D eigenvalue weighted by molar-refractivity contribution is 0.483.